The van der Waals surface area contributed by atoms with E-state index in [4.69, 9.17) is 9.47 Å². The second kappa shape index (κ2) is 9.27. The molecule has 2 heterocycles. The van der Waals surface area contributed by atoms with Crippen LogP contribution in [0.25, 0.3) is 0 Å². The van der Waals surface area contributed by atoms with Gasteiger partial charge < -0.3 is 9.47 Å². The van der Waals surface area contributed by atoms with Crippen molar-refractivity contribution in [2.45, 2.75) is 46.1 Å². The highest BCUT2D eigenvalue weighted by Crippen LogP contribution is 2.20. The second-order valence-electron chi connectivity index (χ2n) is 7.69. The lowest BCUT2D eigenvalue weighted by Crippen LogP contribution is -2.28. The molecule has 9 heteroatoms. The Hall–Kier alpha value is -2.60. The van der Waals surface area contributed by atoms with E-state index < -0.39 is 27.5 Å². The standard InChI is InChI=1S/C20H26N2O6S/c1-5-27-18(23)16-12-21-15(9-8-14-7-6-10-29(25,26)13-14)11-17(16)22-19(24)28-20(2,3)4/h11-12,14H,5-7,10,13H2,1-4H3,(H,21,22,24). The van der Waals surface area contributed by atoms with Crippen molar-refractivity contribution in [3.05, 3.63) is 23.5 Å². The van der Waals surface area contributed by atoms with Crippen molar-refractivity contribution in [1.29, 1.82) is 0 Å². The Balaban J connectivity index is 2.28. The van der Waals surface area contributed by atoms with Gasteiger partial charge in [0.15, 0.2) is 9.84 Å². The van der Waals surface area contributed by atoms with Gasteiger partial charge in [-0.25, -0.2) is 23.0 Å². The van der Waals surface area contributed by atoms with Gasteiger partial charge in [-0.3, -0.25) is 5.32 Å². The number of anilines is 1. The number of hydrogen-bond donors (Lipinski definition) is 1. The van der Waals surface area contributed by atoms with Gasteiger partial charge in [-0.05, 0) is 52.5 Å². The Bertz CT molecular complexity index is 938. The van der Waals surface area contributed by atoms with Crippen molar-refractivity contribution in [2.75, 3.05) is 23.4 Å². The van der Waals surface area contributed by atoms with Crippen LogP contribution in [0.15, 0.2) is 12.3 Å². The average Bonchev–Trinajstić information content (AvgIpc) is 2.57. The van der Waals surface area contributed by atoms with Gasteiger partial charge in [0, 0.05) is 12.1 Å². The molecule has 0 spiro atoms. The van der Waals surface area contributed by atoms with Crippen molar-refractivity contribution < 1.29 is 27.5 Å². The van der Waals surface area contributed by atoms with Crippen LogP contribution in [0.5, 0.6) is 0 Å². The summed E-state index contributed by atoms with van der Waals surface area (Å²) in [5, 5.41) is 2.53. The highest BCUT2D eigenvalue weighted by atomic mass is 32.2. The summed E-state index contributed by atoms with van der Waals surface area (Å²) in [5.74, 6) is 5.11. The molecule has 29 heavy (non-hydrogen) atoms. The van der Waals surface area contributed by atoms with E-state index in [1.807, 2.05) is 0 Å². The maximum atomic E-state index is 12.2. The third-order valence-electron chi connectivity index (χ3n) is 3.90. The van der Waals surface area contributed by atoms with Crippen LogP contribution >= 0.6 is 0 Å². The Morgan fingerprint density at radius 2 is 2.07 bits per heavy atom. The van der Waals surface area contributed by atoms with Gasteiger partial charge in [0.1, 0.15) is 16.9 Å². The van der Waals surface area contributed by atoms with Gasteiger partial charge in [0.2, 0.25) is 0 Å². The number of nitrogens with one attached hydrogen (secondary N) is 1. The van der Waals surface area contributed by atoms with E-state index in [0.717, 1.165) is 0 Å². The molecule has 1 aliphatic heterocycles. The Morgan fingerprint density at radius 3 is 2.69 bits per heavy atom. The predicted molar refractivity (Wildman–Crippen MR) is 108 cm³/mol. The molecule has 1 unspecified atom stereocenters. The number of ether oxygens (including phenoxy) is 2. The summed E-state index contributed by atoms with van der Waals surface area (Å²) >= 11 is 0. The molecule has 0 aromatic carbocycles. The summed E-state index contributed by atoms with van der Waals surface area (Å²) in [4.78, 5) is 28.4. The number of carbonyl (C=O) groups excluding carboxylic acids is 2. The number of esters is 1. The molecule has 1 fully saturated rings. The first-order valence-corrected chi connectivity index (χ1v) is 11.2. The number of carbonyl (C=O) groups is 2. The molecule has 0 aliphatic carbocycles. The zero-order chi connectivity index (χ0) is 21.7. The van der Waals surface area contributed by atoms with E-state index in [9.17, 15) is 18.0 Å². The number of sulfone groups is 1. The van der Waals surface area contributed by atoms with E-state index in [1.165, 1.54) is 12.3 Å². The first-order valence-electron chi connectivity index (χ1n) is 9.38. The topological polar surface area (TPSA) is 112 Å². The molecular weight excluding hydrogens is 396 g/mol. The van der Waals surface area contributed by atoms with E-state index in [1.54, 1.807) is 27.7 Å². The smallest absolute Gasteiger partial charge is 0.412 e. The summed E-state index contributed by atoms with van der Waals surface area (Å²) in [7, 11) is -3.06. The van der Waals surface area contributed by atoms with E-state index in [2.05, 4.69) is 22.1 Å². The van der Waals surface area contributed by atoms with Gasteiger partial charge in [-0.1, -0.05) is 5.92 Å². The first-order chi connectivity index (χ1) is 13.5. The van der Waals surface area contributed by atoms with E-state index in [0.29, 0.717) is 18.5 Å². The van der Waals surface area contributed by atoms with Gasteiger partial charge in [-0.2, -0.15) is 0 Å². The summed E-state index contributed by atoms with van der Waals surface area (Å²) in [6, 6.07) is 1.44. The van der Waals surface area contributed by atoms with Crippen LogP contribution in [0.3, 0.4) is 0 Å². The van der Waals surface area contributed by atoms with Crippen LogP contribution < -0.4 is 5.32 Å². The van der Waals surface area contributed by atoms with Crippen molar-refractivity contribution in [3.63, 3.8) is 0 Å². The number of pyridine rings is 1. The van der Waals surface area contributed by atoms with Crippen LogP contribution in [0.4, 0.5) is 10.5 Å². The van der Waals surface area contributed by atoms with Crippen LogP contribution in [0.1, 0.15) is 56.6 Å². The fraction of sp³-hybridized carbons (Fsp3) is 0.550. The summed E-state index contributed by atoms with van der Waals surface area (Å²) in [6.45, 7) is 7.01. The molecular formula is C20H26N2O6S. The fourth-order valence-corrected chi connectivity index (χ4v) is 4.36. The minimum Gasteiger partial charge on any atom is -0.462 e. The van der Waals surface area contributed by atoms with Crippen LogP contribution in [-0.2, 0) is 19.3 Å². The van der Waals surface area contributed by atoms with Crippen molar-refractivity contribution in [2.24, 2.45) is 5.92 Å². The molecule has 1 N–H and O–H groups in total. The van der Waals surface area contributed by atoms with Crippen LogP contribution in [0.2, 0.25) is 0 Å². The zero-order valence-electron chi connectivity index (χ0n) is 17.1. The normalized spacial score (nSPS) is 18.1. The van der Waals surface area contributed by atoms with Crippen LogP contribution in [0, 0.1) is 17.8 Å². The van der Waals surface area contributed by atoms with Gasteiger partial charge in [-0.15, -0.1) is 0 Å². The van der Waals surface area contributed by atoms with E-state index in [-0.39, 0.29) is 35.3 Å². The Labute approximate surface area is 171 Å². The number of nitrogens with zero attached hydrogens (tertiary/aromatic N) is 1. The minimum atomic E-state index is -3.06. The quantitative estimate of drug-likeness (QED) is 0.589. The van der Waals surface area contributed by atoms with Gasteiger partial charge in [0.25, 0.3) is 0 Å². The number of aromatic nitrogens is 1. The fourth-order valence-electron chi connectivity index (χ4n) is 2.72. The van der Waals surface area contributed by atoms with E-state index >= 15 is 0 Å². The maximum absolute atomic E-state index is 12.2. The third-order valence-corrected chi connectivity index (χ3v) is 5.72. The lowest BCUT2D eigenvalue weighted by molar-refractivity contribution is 0.0527. The van der Waals surface area contributed by atoms with Crippen LogP contribution in [-0.4, -0.2) is 49.2 Å². The summed E-state index contributed by atoms with van der Waals surface area (Å²) in [6.07, 6.45) is 1.83. The van der Waals surface area contributed by atoms with Gasteiger partial charge in [0.05, 0.1) is 23.8 Å². The molecule has 0 saturated carbocycles. The molecule has 0 bridgehead atoms. The monoisotopic (exact) mass is 422 g/mol. The number of rotatable bonds is 3. The molecule has 1 saturated heterocycles. The number of amides is 1. The molecule has 8 nitrogen and oxygen atoms in total. The summed E-state index contributed by atoms with van der Waals surface area (Å²) in [5.41, 5.74) is -0.181. The molecule has 2 rings (SSSR count). The maximum Gasteiger partial charge on any atom is 0.412 e. The third kappa shape index (κ3) is 7.38. The average molecular weight is 423 g/mol. The molecule has 158 valence electrons. The highest BCUT2D eigenvalue weighted by Gasteiger charge is 2.23. The largest absolute Gasteiger partial charge is 0.462 e. The predicted octanol–water partition coefficient (Wildman–Crippen LogP) is 2.78. The lowest BCUT2D eigenvalue weighted by Gasteiger charge is -2.20. The second-order valence-corrected chi connectivity index (χ2v) is 9.91. The molecule has 1 aliphatic rings. The SMILES string of the molecule is CCOC(=O)c1cnc(C#CC2CCCS(=O)(=O)C2)cc1NC(=O)OC(C)(C)C. The molecule has 1 atom stereocenters. The van der Waals surface area contributed by atoms with Crippen molar-refractivity contribution >= 4 is 27.6 Å². The zero-order valence-corrected chi connectivity index (χ0v) is 17.9. The lowest BCUT2D eigenvalue weighted by atomic mass is 10.1. The van der Waals surface area contributed by atoms with Crippen molar-refractivity contribution in [3.8, 4) is 11.8 Å². The minimum absolute atomic E-state index is 0.0317. The summed E-state index contributed by atoms with van der Waals surface area (Å²) < 4.78 is 33.7. The van der Waals surface area contributed by atoms with Crippen molar-refractivity contribution in [1.82, 2.24) is 4.98 Å². The van der Waals surface area contributed by atoms with Gasteiger partial charge >= 0.3 is 12.1 Å². The Morgan fingerprint density at radius 1 is 1.34 bits per heavy atom. The number of hydrogen-bond acceptors (Lipinski definition) is 7. The molecule has 0 radical (unpaired) electrons. The molecule has 1 aromatic rings. The molecule has 1 amide bonds. The molecule has 1 aromatic heterocycles. The first kappa shape index (κ1) is 22.7. The Kier molecular flexibility index (Phi) is 7.25. The highest BCUT2D eigenvalue weighted by molar-refractivity contribution is 7.91.